The van der Waals surface area contributed by atoms with E-state index in [0.717, 1.165) is 50.6 Å². The molecule has 0 saturated carbocycles. The van der Waals surface area contributed by atoms with Gasteiger partial charge in [-0.3, -0.25) is 9.13 Å². The Labute approximate surface area is 298 Å². The van der Waals surface area contributed by atoms with Crippen molar-refractivity contribution in [3.05, 3.63) is 182 Å². The molecule has 0 saturated heterocycles. The number of rotatable bonds is 6. The van der Waals surface area contributed by atoms with Gasteiger partial charge in [-0.1, -0.05) is 118 Å². The van der Waals surface area contributed by atoms with Gasteiger partial charge in [0.2, 0.25) is 0 Å². The van der Waals surface area contributed by atoms with Crippen molar-refractivity contribution < 1.29 is 9.30 Å². The molecule has 4 heteroatoms. The molecular weight excluding hydrogens is 623 g/mol. The Bertz CT molecular complexity index is 2700. The largest absolute Gasteiger partial charge is 0.458 e. The summed E-state index contributed by atoms with van der Waals surface area (Å²) in [5, 5.41) is 2.40. The third kappa shape index (κ3) is 5.55. The van der Waals surface area contributed by atoms with E-state index >= 15 is 0 Å². The molecule has 0 radical (unpaired) electrons. The Kier molecular flexibility index (Phi) is 7.32. The topological polar surface area (TPSA) is 23.0 Å². The Morgan fingerprint density at radius 3 is 2.06 bits per heavy atom. The predicted molar refractivity (Wildman–Crippen MR) is 209 cm³/mol. The maximum atomic E-state index is 6.66. The van der Waals surface area contributed by atoms with Crippen LogP contribution in [0.3, 0.4) is 0 Å². The monoisotopic (exact) mass is 659 g/mol. The Morgan fingerprint density at radius 2 is 1.24 bits per heavy atom. The van der Waals surface area contributed by atoms with Crippen molar-refractivity contribution in [1.29, 1.82) is 0 Å². The molecule has 0 bridgehead atoms. The predicted octanol–water partition coefficient (Wildman–Crippen LogP) is 11.6. The number of fused-ring (bicyclic) bond motifs is 4. The van der Waals surface area contributed by atoms with Gasteiger partial charge in [0.25, 0.3) is 6.33 Å². The van der Waals surface area contributed by atoms with Crippen LogP contribution in [0.2, 0.25) is 0 Å². The molecule has 0 fully saturated rings. The highest BCUT2D eigenvalue weighted by atomic mass is 16.5. The van der Waals surface area contributed by atoms with Gasteiger partial charge in [-0.2, -0.15) is 0 Å². The van der Waals surface area contributed by atoms with E-state index < -0.39 is 0 Å². The average Bonchev–Trinajstić information content (AvgIpc) is 3.71. The van der Waals surface area contributed by atoms with E-state index in [1.54, 1.807) is 0 Å². The SMILES string of the molecule is CC(C)(C)c1cccc(-n2c3ccc(-c4ccccc4)cc3c3ccc(Oc4cccc(-n5[c-][n+](-c6ccccc6)c6ccccc65)c4)cc32)c1. The number of para-hydroxylation sites is 3. The molecule has 2 heterocycles. The first-order valence-corrected chi connectivity index (χ1v) is 17.4. The van der Waals surface area contributed by atoms with E-state index in [0.29, 0.717) is 0 Å². The van der Waals surface area contributed by atoms with Crippen LogP contribution in [-0.2, 0) is 5.41 Å². The Balaban J connectivity index is 1.15. The highest BCUT2D eigenvalue weighted by molar-refractivity contribution is 6.10. The van der Waals surface area contributed by atoms with Gasteiger partial charge in [0.15, 0.2) is 0 Å². The molecule has 9 rings (SSSR count). The molecule has 0 aliphatic heterocycles. The fourth-order valence-corrected chi connectivity index (χ4v) is 7.11. The zero-order chi connectivity index (χ0) is 34.5. The van der Waals surface area contributed by atoms with Crippen LogP contribution >= 0.6 is 0 Å². The van der Waals surface area contributed by atoms with Gasteiger partial charge in [-0.05, 0) is 88.8 Å². The number of ether oxygens (including phenoxy) is 1. The van der Waals surface area contributed by atoms with E-state index in [9.17, 15) is 0 Å². The molecule has 7 aromatic carbocycles. The summed E-state index contributed by atoms with van der Waals surface area (Å²) in [6.45, 7) is 6.79. The minimum absolute atomic E-state index is 0.0252. The first-order chi connectivity index (χ1) is 24.9. The van der Waals surface area contributed by atoms with Gasteiger partial charge < -0.3 is 9.30 Å². The lowest BCUT2D eigenvalue weighted by Gasteiger charge is -2.20. The summed E-state index contributed by atoms with van der Waals surface area (Å²) in [5.74, 6) is 1.53. The van der Waals surface area contributed by atoms with Crippen LogP contribution in [0.15, 0.2) is 170 Å². The van der Waals surface area contributed by atoms with Crippen molar-refractivity contribution in [2.24, 2.45) is 0 Å². The summed E-state index contributed by atoms with van der Waals surface area (Å²) in [4.78, 5) is 0. The van der Waals surface area contributed by atoms with Crippen LogP contribution in [0, 0.1) is 6.33 Å². The van der Waals surface area contributed by atoms with Crippen LogP contribution in [0.25, 0.3) is 61.0 Å². The van der Waals surface area contributed by atoms with Crippen LogP contribution < -0.4 is 9.30 Å². The lowest BCUT2D eigenvalue weighted by Crippen LogP contribution is -2.29. The van der Waals surface area contributed by atoms with Crippen LogP contribution in [-0.4, -0.2) is 9.13 Å². The third-order valence-electron chi connectivity index (χ3n) is 9.70. The van der Waals surface area contributed by atoms with Crippen molar-refractivity contribution in [3.63, 3.8) is 0 Å². The van der Waals surface area contributed by atoms with Crippen molar-refractivity contribution in [2.75, 3.05) is 0 Å². The first-order valence-electron chi connectivity index (χ1n) is 17.4. The number of aromatic nitrogens is 3. The average molecular weight is 660 g/mol. The van der Waals surface area contributed by atoms with Crippen LogP contribution in [0.5, 0.6) is 11.5 Å². The molecule has 4 nitrogen and oxygen atoms in total. The lowest BCUT2D eigenvalue weighted by molar-refractivity contribution is -0.572. The molecular formula is C47H37N3O. The number of imidazole rings is 1. The normalized spacial score (nSPS) is 11.8. The lowest BCUT2D eigenvalue weighted by atomic mass is 9.87. The molecule has 0 unspecified atom stereocenters. The second-order valence-electron chi connectivity index (χ2n) is 14.1. The Hall–Kier alpha value is -6.39. The summed E-state index contributed by atoms with van der Waals surface area (Å²) in [6.07, 6.45) is 3.58. The second-order valence-corrected chi connectivity index (χ2v) is 14.1. The Morgan fingerprint density at radius 1 is 0.510 bits per heavy atom. The number of hydrogen-bond donors (Lipinski definition) is 0. The van der Waals surface area contributed by atoms with Gasteiger partial charge in [-0.25, -0.2) is 0 Å². The summed E-state index contributed by atoms with van der Waals surface area (Å²) >= 11 is 0. The number of hydrogen-bond acceptors (Lipinski definition) is 1. The zero-order valence-corrected chi connectivity index (χ0v) is 28.9. The molecule has 0 aliphatic carbocycles. The highest BCUT2D eigenvalue weighted by Crippen LogP contribution is 2.38. The maximum Gasteiger partial charge on any atom is 0.269 e. The maximum absolute atomic E-state index is 6.66. The van der Waals surface area contributed by atoms with Gasteiger partial charge in [-0.15, -0.1) is 0 Å². The molecule has 0 spiro atoms. The van der Waals surface area contributed by atoms with E-state index in [1.165, 1.54) is 27.5 Å². The summed E-state index contributed by atoms with van der Waals surface area (Å²) in [7, 11) is 0. The van der Waals surface area contributed by atoms with Crippen LogP contribution in [0.1, 0.15) is 26.3 Å². The number of nitrogens with zero attached hydrogens (tertiary/aromatic N) is 3. The van der Waals surface area contributed by atoms with E-state index in [4.69, 9.17) is 4.74 Å². The zero-order valence-electron chi connectivity index (χ0n) is 28.9. The van der Waals surface area contributed by atoms with E-state index in [1.807, 2.05) is 18.2 Å². The summed E-state index contributed by atoms with van der Waals surface area (Å²) in [6, 6.07) is 59.7. The smallest absolute Gasteiger partial charge is 0.269 e. The van der Waals surface area contributed by atoms with Crippen molar-refractivity contribution >= 4 is 32.8 Å². The van der Waals surface area contributed by atoms with Crippen molar-refractivity contribution in [3.8, 4) is 39.7 Å². The summed E-state index contributed by atoms with van der Waals surface area (Å²) in [5.41, 5.74) is 11.3. The molecule has 246 valence electrons. The number of benzene rings is 7. The van der Waals surface area contributed by atoms with Crippen molar-refractivity contribution in [2.45, 2.75) is 26.2 Å². The van der Waals surface area contributed by atoms with Gasteiger partial charge >= 0.3 is 0 Å². The quantitative estimate of drug-likeness (QED) is 0.129. The second kappa shape index (κ2) is 12.2. The molecule has 0 aliphatic rings. The molecule has 0 N–H and O–H groups in total. The highest BCUT2D eigenvalue weighted by Gasteiger charge is 2.19. The fraction of sp³-hybridized carbons (Fsp3) is 0.0851. The molecule has 51 heavy (non-hydrogen) atoms. The standard InChI is InChI=1S/C47H37N3O/c1-47(2,3)35-16-12-20-38(29-35)50-43-27-24-34(33-14-6-4-7-15-33)28-42(43)41-26-25-40(31-46(41)50)51-39-21-13-19-37(30-39)49-32-48(36-17-8-5-9-18-36)44-22-10-11-23-45(44)49/h4-31H,1-3H3. The van der Waals surface area contributed by atoms with Gasteiger partial charge in [0.1, 0.15) is 11.5 Å². The molecule has 0 amide bonds. The minimum Gasteiger partial charge on any atom is -0.458 e. The molecule has 9 aromatic rings. The molecule has 2 aromatic heterocycles. The van der Waals surface area contributed by atoms with Crippen molar-refractivity contribution in [1.82, 2.24) is 9.13 Å². The first kappa shape index (κ1) is 30.7. The van der Waals surface area contributed by atoms with Gasteiger partial charge in [0, 0.05) is 22.5 Å². The van der Waals surface area contributed by atoms with E-state index in [-0.39, 0.29) is 5.41 Å². The third-order valence-corrected chi connectivity index (χ3v) is 9.70. The molecule has 0 atom stereocenters. The van der Waals surface area contributed by atoms with Crippen LogP contribution in [0.4, 0.5) is 0 Å². The van der Waals surface area contributed by atoms with Gasteiger partial charge in [0.05, 0.1) is 33.4 Å². The van der Waals surface area contributed by atoms with E-state index in [2.05, 4.69) is 192 Å². The summed E-state index contributed by atoms with van der Waals surface area (Å²) < 4.78 is 13.2. The fourth-order valence-electron chi connectivity index (χ4n) is 7.11. The minimum atomic E-state index is 0.0252.